The Labute approximate surface area is 114 Å². The smallest absolute Gasteiger partial charge is 0.129 e. The minimum absolute atomic E-state index is 0.501. The summed E-state index contributed by atoms with van der Waals surface area (Å²) >= 11 is 13.4. The number of halogens is 2. The van der Waals surface area contributed by atoms with E-state index in [9.17, 15) is 0 Å². The second-order valence-corrected chi connectivity index (χ2v) is 5.28. The van der Waals surface area contributed by atoms with Gasteiger partial charge >= 0.3 is 0 Å². The van der Waals surface area contributed by atoms with Crippen LogP contribution < -0.4 is 5.73 Å². The number of pyridine rings is 1. The van der Waals surface area contributed by atoms with E-state index in [-0.39, 0.29) is 0 Å². The molecule has 2 rings (SSSR count). The fourth-order valence-corrected chi connectivity index (χ4v) is 2.59. The first-order valence-electron chi connectivity index (χ1n) is 4.93. The fourth-order valence-electron chi connectivity index (χ4n) is 1.28. The number of anilines is 1. The molecule has 88 valence electrons. The Morgan fingerprint density at radius 1 is 1.18 bits per heavy atom. The number of thioether (sulfide) groups is 1. The van der Waals surface area contributed by atoms with Crippen molar-refractivity contribution in [2.75, 3.05) is 5.73 Å². The van der Waals surface area contributed by atoms with Crippen molar-refractivity contribution in [3.63, 3.8) is 0 Å². The first-order valence-corrected chi connectivity index (χ1v) is 6.67. The molecule has 0 saturated carbocycles. The highest BCUT2D eigenvalue weighted by molar-refractivity contribution is 7.98. The van der Waals surface area contributed by atoms with Gasteiger partial charge in [0.15, 0.2) is 0 Å². The normalized spacial score (nSPS) is 10.5. The van der Waals surface area contributed by atoms with Gasteiger partial charge in [0.1, 0.15) is 5.15 Å². The number of aromatic nitrogens is 1. The van der Waals surface area contributed by atoms with Gasteiger partial charge in [0, 0.05) is 22.5 Å². The second-order valence-electron chi connectivity index (χ2n) is 3.47. The summed E-state index contributed by atoms with van der Waals surface area (Å²) in [5.41, 5.74) is 7.52. The molecular formula is C12H10Cl2N2S. The molecule has 1 heterocycles. The molecule has 2 N–H and O–H groups in total. The molecule has 0 saturated heterocycles. The van der Waals surface area contributed by atoms with Crippen LogP contribution in [0.25, 0.3) is 0 Å². The zero-order valence-corrected chi connectivity index (χ0v) is 11.2. The number of rotatable bonds is 3. The Morgan fingerprint density at radius 3 is 2.71 bits per heavy atom. The van der Waals surface area contributed by atoms with E-state index in [1.54, 1.807) is 36.2 Å². The molecule has 0 aliphatic rings. The summed E-state index contributed by atoms with van der Waals surface area (Å²) in [7, 11) is 0. The van der Waals surface area contributed by atoms with Gasteiger partial charge in [0.2, 0.25) is 0 Å². The van der Waals surface area contributed by atoms with Crippen molar-refractivity contribution < 1.29 is 0 Å². The average Bonchev–Trinajstić information content (AvgIpc) is 2.32. The van der Waals surface area contributed by atoms with Crippen LogP contribution in [0.5, 0.6) is 0 Å². The lowest BCUT2D eigenvalue weighted by molar-refractivity contribution is 1.25. The summed E-state index contributed by atoms with van der Waals surface area (Å²) in [5.74, 6) is 0.785. The van der Waals surface area contributed by atoms with Gasteiger partial charge in [0.05, 0.1) is 5.02 Å². The van der Waals surface area contributed by atoms with Crippen LogP contribution in [-0.4, -0.2) is 4.98 Å². The molecule has 5 heteroatoms. The van der Waals surface area contributed by atoms with E-state index in [1.165, 1.54) is 0 Å². The Morgan fingerprint density at radius 2 is 2.00 bits per heavy atom. The lowest BCUT2D eigenvalue weighted by Crippen LogP contribution is -1.87. The van der Waals surface area contributed by atoms with E-state index >= 15 is 0 Å². The first-order chi connectivity index (χ1) is 8.15. The highest BCUT2D eigenvalue weighted by Crippen LogP contribution is 2.31. The van der Waals surface area contributed by atoms with Crippen LogP contribution in [0, 0.1) is 0 Å². The summed E-state index contributed by atoms with van der Waals surface area (Å²) in [6.45, 7) is 0. The number of hydrogen-bond donors (Lipinski definition) is 1. The van der Waals surface area contributed by atoms with Crippen LogP contribution in [0.1, 0.15) is 5.56 Å². The molecule has 0 radical (unpaired) electrons. The Kier molecular flexibility index (Phi) is 4.15. The molecule has 0 amide bonds. The van der Waals surface area contributed by atoms with Crippen molar-refractivity contribution in [1.29, 1.82) is 0 Å². The van der Waals surface area contributed by atoms with E-state index in [2.05, 4.69) is 4.98 Å². The van der Waals surface area contributed by atoms with Gasteiger partial charge in [-0.1, -0.05) is 29.3 Å². The van der Waals surface area contributed by atoms with Crippen LogP contribution in [-0.2, 0) is 5.75 Å². The standard InChI is InChI=1S/C12H10Cl2N2S/c13-10-3-2-9(15)5-11(10)17-7-8-1-4-12(14)16-6-8/h1-6H,7,15H2. The van der Waals surface area contributed by atoms with Crippen molar-refractivity contribution >= 4 is 40.7 Å². The third kappa shape index (κ3) is 3.53. The van der Waals surface area contributed by atoms with Gasteiger partial charge in [-0.3, -0.25) is 0 Å². The van der Waals surface area contributed by atoms with Crippen molar-refractivity contribution in [3.8, 4) is 0 Å². The number of nitrogens with zero attached hydrogens (tertiary/aromatic N) is 1. The topological polar surface area (TPSA) is 38.9 Å². The molecular weight excluding hydrogens is 275 g/mol. The van der Waals surface area contributed by atoms with Crippen molar-refractivity contribution in [3.05, 3.63) is 52.3 Å². The average molecular weight is 285 g/mol. The molecule has 2 aromatic rings. The van der Waals surface area contributed by atoms with Crippen molar-refractivity contribution in [2.24, 2.45) is 0 Å². The molecule has 17 heavy (non-hydrogen) atoms. The summed E-state index contributed by atoms with van der Waals surface area (Å²) in [6, 6.07) is 9.19. The predicted molar refractivity (Wildman–Crippen MR) is 74.7 cm³/mol. The van der Waals surface area contributed by atoms with Crippen LogP contribution in [0.2, 0.25) is 10.2 Å². The zero-order valence-electron chi connectivity index (χ0n) is 8.86. The summed E-state index contributed by atoms with van der Waals surface area (Å²) in [6.07, 6.45) is 1.76. The second kappa shape index (κ2) is 5.63. The third-order valence-electron chi connectivity index (χ3n) is 2.14. The SMILES string of the molecule is Nc1ccc(Cl)c(SCc2ccc(Cl)nc2)c1. The minimum atomic E-state index is 0.501. The number of nitrogen functional groups attached to an aromatic ring is 1. The van der Waals surface area contributed by atoms with E-state index in [0.29, 0.717) is 15.9 Å². The summed E-state index contributed by atoms with van der Waals surface area (Å²) in [4.78, 5) is 5.00. The Hall–Kier alpha value is -0.900. The molecule has 1 aromatic carbocycles. The van der Waals surface area contributed by atoms with Gasteiger partial charge in [-0.25, -0.2) is 4.98 Å². The maximum absolute atomic E-state index is 6.07. The lowest BCUT2D eigenvalue weighted by atomic mass is 10.3. The highest BCUT2D eigenvalue weighted by Gasteiger charge is 2.02. The Bertz CT molecular complexity index is 514. The van der Waals surface area contributed by atoms with E-state index in [1.807, 2.05) is 12.1 Å². The molecule has 0 atom stereocenters. The van der Waals surface area contributed by atoms with Gasteiger partial charge in [-0.05, 0) is 29.8 Å². The highest BCUT2D eigenvalue weighted by atomic mass is 35.5. The van der Waals surface area contributed by atoms with E-state index < -0.39 is 0 Å². The molecule has 2 nitrogen and oxygen atoms in total. The zero-order chi connectivity index (χ0) is 12.3. The maximum atomic E-state index is 6.07. The van der Waals surface area contributed by atoms with Crippen molar-refractivity contribution in [2.45, 2.75) is 10.6 Å². The first kappa shape index (κ1) is 12.6. The van der Waals surface area contributed by atoms with Crippen LogP contribution in [0.15, 0.2) is 41.4 Å². The van der Waals surface area contributed by atoms with E-state index in [4.69, 9.17) is 28.9 Å². The third-order valence-corrected chi connectivity index (χ3v) is 3.93. The number of nitrogens with two attached hydrogens (primary N) is 1. The Balaban J connectivity index is 2.07. The van der Waals surface area contributed by atoms with E-state index in [0.717, 1.165) is 16.2 Å². The van der Waals surface area contributed by atoms with Gasteiger partial charge in [0.25, 0.3) is 0 Å². The minimum Gasteiger partial charge on any atom is -0.399 e. The molecule has 0 spiro atoms. The maximum Gasteiger partial charge on any atom is 0.129 e. The molecule has 0 bridgehead atoms. The molecule has 0 unspecified atom stereocenters. The van der Waals surface area contributed by atoms with Gasteiger partial charge < -0.3 is 5.73 Å². The molecule has 0 aliphatic carbocycles. The number of benzene rings is 1. The number of hydrogen-bond acceptors (Lipinski definition) is 3. The molecule has 0 fully saturated rings. The largest absolute Gasteiger partial charge is 0.399 e. The summed E-state index contributed by atoms with van der Waals surface area (Å²) < 4.78 is 0. The molecule has 0 aliphatic heterocycles. The fraction of sp³-hybridized carbons (Fsp3) is 0.0833. The lowest BCUT2D eigenvalue weighted by Gasteiger charge is -2.05. The van der Waals surface area contributed by atoms with Crippen LogP contribution in [0.3, 0.4) is 0 Å². The quantitative estimate of drug-likeness (QED) is 0.520. The van der Waals surface area contributed by atoms with Gasteiger partial charge in [-0.2, -0.15) is 0 Å². The van der Waals surface area contributed by atoms with Crippen LogP contribution in [0.4, 0.5) is 5.69 Å². The van der Waals surface area contributed by atoms with Gasteiger partial charge in [-0.15, -0.1) is 11.8 Å². The predicted octanol–water partition coefficient (Wildman–Crippen LogP) is 4.26. The van der Waals surface area contributed by atoms with Crippen molar-refractivity contribution in [1.82, 2.24) is 4.98 Å². The van der Waals surface area contributed by atoms with Crippen LogP contribution >= 0.6 is 35.0 Å². The molecule has 1 aromatic heterocycles. The monoisotopic (exact) mass is 284 g/mol. The summed E-state index contributed by atoms with van der Waals surface area (Å²) in [5, 5.41) is 1.21.